The molecule has 2 atom stereocenters. The zero-order chi connectivity index (χ0) is 18.4. The van der Waals surface area contributed by atoms with Crippen molar-refractivity contribution in [2.45, 2.75) is 25.8 Å². The van der Waals surface area contributed by atoms with Crippen LogP contribution in [0.1, 0.15) is 19.8 Å². The normalized spacial score (nSPS) is 18.7. The summed E-state index contributed by atoms with van der Waals surface area (Å²) in [5, 5.41) is 5.92. The van der Waals surface area contributed by atoms with E-state index in [2.05, 4.69) is 15.5 Å². The number of carbonyl (C=O) groups excluding carboxylic acids is 2. The molecule has 2 aromatic rings. The third-order valence-electron chi connectivity index (χ3n) is 4.83. The summed E-state index contributed by atoms with van der Waals surface area (Å²) in [5.74, 6) is -0.118. The minimum Gasteiger partial charge on any atom is -0.326 e. The van der Waals surface area contributed by atoms with Crippen molar-refractivity contribution in [2.75, 3.05) is 23.7 Å². The van der Waals surface area contributed by atoms with Crippen LogP contribution in [0.15, 0.2) is 60.7 Å². The van der Waals surface area contributed by atoms with Gasteiger partial charge in [-0.1, -0.05) is 36.4 Å². The van der Waals surface area contributed by atoms with E-state index in [0.717, 1.165) is 30.8 Å². The van der Waals surface area contributed by atoms with Crippen LogP contribution in [0.4, 0.5) is 11.4 Å². The number of piperidine rings is 1. The van der Waals surface area contributed by atoms with Crippen LogP contribution in [-0.4, -0.2) is 35.8 Å². The number of nitrogens with zero attached hydrogens (tertiary/aromatic N) is 1. The predicted molar refractivity (Wildman–Crippen MR) is 104 cm³/mol. The molecule has 1 aliphatic heterocycles. The molecule has 0 aliphatic carbocycles. The minimum absolute atomic E-state index is 0.0246. The second-order valence-electron chi connectivity index (χ2n) is 6.72. The van der Waals surface area contributed by atoms with E-state index in [1.54, 1.807) is 0 Å². The summed E-state index contributed by atoms with van der Waals surface area (Å²) in [6, 6.07) is 18.7. The molecule has 0 aromatic heterocycles. The molecule has 0 saturated carbocycles. The Morgan fingerprint density at radius 1 is 0.962 bits per heavy atom. The molecule has 1 saturated heterocycles. The standard InChI is InChI=1S/C21H25N3O2/c1-16(20(25)22-18-10-4-2-5-11-18)24-14-8-9-17(15-24)21(26)23-19-12-6-3-7-13-19/h2-7,10-13,16-17H,8-9,14-15H2,1H3,(H,22,25)(H,23,26). The molecule has 26 heavy (non-hydrogen) atoms. The first kappa shape index (κ1) is 18.1. The SMILES string of the molecule is CC(C(=O)Nc1ccccc1)N1CCCC(C(=O)Nc2ccccc2)C1. The van der Waals surface area contributed by atoms with Crippen LogP contribution < -0.4 is 10.6 Å². The lowest BCUT2D eigenvalue weighted by Gasteiger charge is -2.35. The average molecular weight is 351 g/mol. The monoisotopic (exact) mass is 351 g/mol. The largest absolute Gasteiger partial charge is 0.326 e. The Labute approximate surface area is 154 Å². The first-order valence-electron chi connectivity index (χ1n) is 9.09. The third-order valence-corrected chi connectivity index (χ3v) is 4.83. The summed E-state index contributed by atoms with van der Waals surface area (Å²) >= 11 is 0. The Kier molecular flexibility index (Phi) is 6.02. The fourth-order valence-electron chi connectivity index (χ4n) is 3.27. The molecule has 2 aromatic carbocycles. The van der Waals surface area contributed by atoms with Crippen LogP contribution in [0, 0.1) is 5.92 Å². The topological polar surface area (TPSA) is 61.4 Å². The van der Waals surface area contributed by atoms with Gasteiger partial charge < -0.3 is 10.6 Å². The number of amides is 2. The van der Waals surface area contributed by atoms with Gasteiger partial charge in [-0.25, -0.2) is 0 Å². The van der Waals surface area contributed by atoms with Crippen molar-refractivity contribution in [3.8, 4) is 0 Å². The molecule has 1 aliphatic rings. The van der Waals surface area contributed by atoms with Gasteiger partial charge in [-0.15, -0.1) is 0 Å². The van der Waals surface area contributed by atoms with E-state index in [9.17, 15) is 9.59 Å². The van der Waals surface area contributed by atoms with Gasteiger partial charge in [-0.05, 0) is 50.6 Å². The Bertz CT molecular complexity index is 682. The highest BCUT2D eigenvalue weighted by molar-refractivity contribution is 5.95. The molecule has 5 heteroatoms. The van der Waals surface area contributed by atoms with Gasteiger partial charge in [0.05, 0.1) is 12.0 Å². The zero-order valence-electron chi connectivity index (χ0n) is 15.0. The molecule has 5 nitrogen and oxygen atoms in total. The maximum absolute atomic E-state index is 12.6. The van der Waals surface area contributed by atoms with Crippen LogP contribution in [0.25, 0.3) is 0 Å². The molecule has 3 rings (SSSR count). The van der Waals surface area contributed by atoms with Gasteiger partial charge in [0, 0.05) is 17.9 Å². The lowest BCUT2D eigenvalue weighted by Crippen LogP contribution is -2.49. The molecule has 136 valence electrons. The van der Waals surface area contributed by atoms with Crippen molar-refractivity contribution >= 4 is 23.2 Å². The van der Waals surface area contributed by atoms with Crippen molar-refractivity contribution in [3.05, 3.63) is 60.7 Å². The molecular weight excluding hydrogens is 326 g/mol. The third kappa shape index (κ3) is 4.70. The Hall–Kier alpha value is -2.66. The van der Waals surface area contributed by atoms with Crippen LogP contribution >= 0.6 is 0 Å². The summed E-state index contributed by atoms with van der Waals surface area (Å²) in [7, 11) is 0. The highest BCUT2D eigenvalue weighted by Crippen LogP contribution is 2.21. The number of anilines is 2. The van der Waals surface area contributed by atoms with Crippen molar-refractivity contribution < 1.29 is 9.59 Å². The summed E-state index contributed by atoms with van der Waals surface area (Å²) in [6.45, 7) is 3.33. The Morgan fingerprint density at radius 2 is 1.54 bits per heavy atom. The minimum atomic E-state index is -0.275. The molecule has 1 heterocycles. The van der Waals surface area contributed by atoms with Gasteiger partial charge in [0.2, 0.25) is 11.8 Å². The van der Waals surface area contributed by atoms with Crippen LogP contribution in [0.3, 0.4) is 0 Å². The number of rotatable bonds is 5. The van der Waals surface area contributed by atoms with E-state index in [-0.39, 0.29) is 23.8 Å². The van der Waals surface area contributed by atoms with E-state index >= 15 is 0 Å². The average Bonchev–Trinajstić information content (AvgIpc) is 2.69. The molecule has 0 bridgehead atoms. The van der Waals surface area contributed by atoms with Crippen LogP contribution in [0.5, 0.6) is 0 Å². The number of benzene rings is 2. The lowest BCUT2D eigenvalue weighted by atomic mass is 9.95. The summed E-state index contributed by atoms with van der Waals surface area (Å²) in [5.41, 5.74) is 1.60. The van der Waals surface area contributed by atoms with Crippen molar-refractivity contribution in [1.82, 2.24) is 4.90 Å². The highest BCUT2D eigenvalue weighted by Gasteiger charge is 2.30. The quantitative estimate of drug-likeness (QED) is 0.868. The van der Waals surface area contributed by atoms with Gasteiger partial charge in [0.15, 0.2) is 0 Å². The van der Waals surface area contributed by atoms with Crippen molar-refractivity contribution in [1.29, 1.82) is 0 Å². The van der Waals surface area contributed by atoms with Gasteiger partial charge >= 0.3 is 0 Å². The number of likely N-dealkylation sites (tertiary alicyclic amines) is 1. The number of carbonyl (C=O) groups is 2. The van der Waals surface area contributed by atoms with E-state index in [0.29, 0.717) is 6.54 Å². The van der Waals surface area contributed by atoms with E-state index < -0.39 is 0 Å². The van der Waals surface area contributed by atoms with Gasteiger partial charge in [-0.2, -0.15) is 0 Å². The highest BCUT2D eigenvalue weighted by atomic mass is 16.2. The smallest absolute Gasteiger partial charge is 0.241 e. The fourth-order valence-corrected chi connectivity index (χ4v) is 3.27. The number of hydrogen-bond donors (Lipinski definition) is 2. The second kappa shape index (κ2) is 8.63. The van der Waals surface area contributed by atoms with Crippen LogP contribution in [-0.2, 0) is 9.59 Å². The first-order chi connectivity index (χ1) is 12.6. The van der Waals surface area contributed by atoms with E-state index in [1.165, 1.54) is 0 Å². The van der Waals surface area contributed by atoms with Crippen molar-refractivity contribution in [2.24, 2.45) is 5.92 Å². The molecule has 0 radical (unpaired) electrons. The molecule has 2 unspecified atom stereocenters. The van der Waals surface area contributed by atoms with E-state index in [4.69, 9.17) is 0 Å². The predicted octanol–water partition coefficient (Wildman–Crippen LogP) is 3.36. The Balaban J connectivity index is 1.57. The molecule has 2 amide bonds. The zero-order valence-corrected chi connectivity index (χ0v) is 15.0. The summed E-state index contributed by atoms with van der Waals surface area (Å²) < 4.78 is 0. The van der Waals surface area contributed by atoms with E-state index in [1.807, 2.05) is 67.6 Å². The van der Waals surface area contributed by atoms with Gasteiger partial charge in [0.1, 0.15) is 0 Å². The summed E-state index contributed by atoms with van der Waals surface area (Å²) in [6.07, 6.45) is 1.76. The Morgan fingerprint density at radius 3 is 2.15 bits per heavy atom. The maximum Gasteiger partial charge on any atom is 0.241 e. The van der Waals surface area contributed by atoms with Crippen LogP contribution in [0.2, 0.25) is 0 Å². The first-order valence-corrected chi connectivity index (χ1v) is 9.09. The number of para-hydroxylation sites is 2. The van der Waals surface area contributed by atoms with Crippen molar-refractivity contribution in [3.63, 3.8) is 0 Å². The molecule has 1 fully saturated rings. The number of nitrogens with one attached hydrogen (secondary N) is 2. The second-order valence-corrected chi connectivity index (χ2v) is 6.72. The lowest BCUT2D eigenvalue weighted by molar-refractivity contribution is -0.125. The van der Waals surface area contributed by atoms with Gasteiger partial charge in [0.25, 0.3) is 0 Å². The molecule has 0 spiro atoms. The fraction of sp³-hybridized carbons (Fsp3) is 0.333. The van der Waals surface area contributed by atoms with Gasteiger partial charge in [-0.3, -0.25) is 14.5 Å². The maximum atomic E-state index is 12.6. The molecular formula is C21H25N3O2. The molecule has 2 N–H and O–H groups in total. The number of hydrogen-bond acceptors (Lipinski definition) is 3. The summed E-state index contributed by atoms with van der Waals surface area (Å²) in [4.78, 5) is 27.2.